The van der Waals surface area contributed by atoms with Gasteiger partial charge in [0.05, 0.1) is 17.4 Å². The van der Waals surface area contributed by atoms with E-state index in [-0.39, 0.29) is 18.7 Å². The Kier molecular flexibility index (Phi) is 6.27. The van der Waals surface area contributed by atoms with E-state index in [0.29, 0.717) is 5.69 Å². The van der Waals surface area contributed by atoms with Gasteiger partial charge in [-0.3, -0.25) is 4.79 Å². The van der Waals surface area contributed by atoms with Gasteiger partial charge >= 0.3 is 6.03 Å². The summed E-state index contributed by atoms with van der Waals surface area (Å²) >= 11 is 0. The number of carbonyl (C=O) groups excluding carboxylic acids is 2. The van der Waals surface area contributed by atoms with Crippen molar-refractivity contribution in [1.82, 2.24) is 15.6 Å². The molecular formula is C17H20FN5O2. The van der Waals surface area contributed by atoms with Gasteiger partial charge in [0.15, 0.2) is 0 Å². The molecule has 0 fully saturated rings. The first-order valence-corrected chi connectivity index (χ1v) is 7.68. The van der Waals surface area contributed by atoms with Gasteiger partial charge in [-0.2, -0.15) is 0 Å². The van der Waals surface area contributed by atoms with Crippen molar-refractivity contribution in [2.24, 2.45) is 0 Å². The number of halogens is 1. The van der Waals surface area contributed by atoms with E-state index >= 15 is 0 Å². The van der Waals surface area contributed by atoms with Crippen LogP contribution in [0.4, 0.5) is 20.7 Å². The fraction of sp³-hybridized carbons (Fsp3) is 0.235. The second kappa shape index (κ2) is 8.62. The standard InChI is InChI=1S/C17H20FN5O2/c1-23(2)15-8-7-12(11-21-15)22-17(25)20-10-9-19-16(24)13-5-3-4-6-14(13)18/h3-8,11H,9-10H2,1-2H3,(H,19,24)(H2,20,22,25). The molecule has 0 aliphatic heterocycles. The summed E-state index contributed by atoms with van der Waals surface area (Å²) in [7, 11) is 3.75. The van der Waals surface area contributed by atoms with Crippen molar-refractivity contribution in [2.75, 3.05) is 37.4 Å². The Hall–Kier alpha value is -3.16. The van der Waals surface area contributed by atoms with E-state index in [2.05, 4.69) is 20.9 Å². The first-order valence-electron chi connectivity index (χ1n) is 7.68. The van der Waals surface area contributed by atoms with Gasteiger partial charge in [-0.25, -0.2) is 14.2 Å². The summed E-state index contributed by atoms with van der Waals surface area (Å²) in [4.78, 5) is 29.6. The summed E-state index contributed by atoms with van der Waals surface area (Å²) in [6.07, 6.45) is 1.55. The maximum Gasteiger partial charge on any atom is 0.319 e. The van der Waals surface area contributed by atoms with Crippen molar-refractivity contribution in [3.8, 4) is 0 Å². The van der Waals surface area contributed by atoms with Crippen LogP contribution < -0.4 is 20.9 Å². The van der Waals surface area contributed by atoms with Crippen molar-refractivity contribution in [3.63, 3.8) is 0 Å². The van der Waals surface area contributed by atoms with Crippen LogP contribution in [-0.4, -0.2) is 44.1 Å². The lowest BCUT2D eigenvalue weighted by Crippen LogP contribution is -2.37. The Bertz CT molecular complexity index is 734. The monoisotopic (exact) mass is 345 g/mol. The van der Waals surface area contributed by atoms with Crippen molar-refractivity contribution >= 4 is 23.4 Å². The average Bonchev–Trinajstić information content (AvgIpc) is 2.59. The number of aromatic nitrogens is 1. The predicted molar refractivity (Wildman–Crippen MR) is 94.3 cm³/mol. The van der Waals surface area contributed by atoms with Crippen LogP contribution in [0.15, 0.2) is 42.6 Å². The Morgan fingerprint density at radius 2 is 1.80 bits per heavy atom. The quantitative estimate of drug-likeness (QED) is 0.697. The zero-order valence-corrected chi connectivity index (χ0v) is 14.0. The van der Waals surface area contributed by atoms with Crippen LogP contribution in [0, 0.1) is 5.82 Å². The van der Waals surface area contributed by atoms with Crippen LogP contribution in [0.5, 0.6) is 0 Å². The van der Waals surface area contributed by atoms with Crippen LogP contribution >= 0.6 is 0 Å². The Labute approximate surface area is 145 Å². The zero-order chi connectivity index (χ0) is 18.2. The van der Waals surface area contributed by atoms with E-state index < -0.39 is 17.8 Å². The van der Waals surface area contributed by atoms with Gasteiger partial charge in [-0.1, -0.05) is 12.1 Å². The van der Waals surface area contributed by atoms with E-state index in [9.17, 15) is 14.0 Å². The Balaban J connectivity index is 1.72. The number of rotatable bonds is 6. The third kappa shape index (κ3) is 5.45. The van der Waals surface area contributed by atoms with Gasteiger partial charge in [-0.05, 0) is 24.3 Å². The smallest absolute Gasteiger partial charge is 0.319 e. The molecule has 0 bridgehead atoms. The summed E-state index contributed by atoms with van der Waals surface area (Å²) in [5.41, 5.74) is 0.525. The summed E-state index contributed by atoms with van der Waals surface area (Å²) in [5, 5.41) is 7.77. The molecule has 7 nitrogen and oxygen atoms in total. The number of nitrogens with one attached hydrogen (secondary N) is 3. The molecule has 3 amide bonds. The summed E-state index contributed by atoms with van der Waals surface area (Å²) in [6.45, 7) is 0.383. The van der Waals surface area contributed by atoms with Crippen molar-refractivity contribution < 1.29 is 14.0 Å². The third-order valence-electron chi connectivity index (χ3n) is 3.28. The molecular weight excluding hydrogens is 325 g/mol. The molecule has 0 aliphatic carbocycles. The van der Waals surface area contributed by atoms with E-state index in [1.165, 1.54) is 18.2 Å². The lowest BCUT2D eigenvalue weighted by atomic mass is 10.2. The number of nitrogens with zero attached hydrogens (tertiary/aromatic N) is 2. The maximum absolute atomic E-state index is 13.4. The van der Waals surface area contributed by atoms with Crippen molar-refractivity contribution in [1.29, 1.82) is 0 Å². The second-order valence-corrected chi connectivity index (χ2v) is 5.42. The number of hydrogen-bond acceptors (Lipinski definition) is 4. The van der Waals surface area contributed by atoms with Gasteiger partial charge in [0, 0.05) is 27.2 Å². The summed E-state index contributed by atoms with van der Waals surface area (Å²) in [5.74, 6) is -0.329. The SMILES string of the molecule is CN(C)c1ccc(NC(=O)NCCNC(=O)c2ccccc2F)cn1. The van der Waals surface area contributed by atoms with Crippen LogP contribution in [-0.2, 0) is 0 Å². The Morgan fingerprint density at radius 1 is 1.08 bits per heavy atom. The molecule has 25 heavy (non-hydrogen) atoms. The lowest BCUT2D eigenvalue weighted by molar-refractivity contribution is 0.0950. The number of amides is 3. The van der Waals surface area contributed by atoms with Gasteiger partial charge in [-0.15, -0.1) is 0 Å². The molecule has 2 aromatic rings. The predicted octanol–water partition coefficient (Wildman–Crippen LogP) is 1.84. The van der Waals surface area contributed by atoms with Crippen LogP contribution in [0.3, 0.4) is 0 Å². The zero-order valence-electron chi connectivity index (χ0n) is 14.0. The van der Waals surface area contributed by atoms with Crippen molar-refractivity contribution in [3.05, 3.63) is 54.0 Å². The Morgan fingerprint density at radius 3 is 2.44 bits per heavy atom. The van der Waals surface area contributed by atoms with Crippen LogP contribution in [0.25, 0.3) is 0 Å². The van der Waals surface area contributed by atoms with E-state index in [1.807, 2.05) is 19.0 Å². The van der Waals surface area contributed by atoms with Crippen LogP contribution in [0.2, 0.25) is 0 Å². The number of benzene rings is 1. The molecule has 0 atom stereocenters. The van der Waals surface area contributed by atoms with Crippen molar-refractivity contribution in [2.45, 2.75) is 0 Å². The average molecular weight is 345 g/mol. The molecule has 0 saturated heterocycles. The fourth-order valence-electron chi connectivity index (χ4n) is 1.99. The highest BCUT2D eigenvalue weighted by molar-refractivity contribution is 5.94. The molecule has 0 unspecified atom stereocenters. The number of hydrogen-bond donors (Lipinski definition) is 3. The minimum absolute atomic E-state index is 0.0287. The van der Waals surface area contributed by atoms with Gasteiger partial charge in [0.25, 0.3) is 5.91 Å². The molecule has 132 valence electrons. The molecule has 1 aromatic carbocycles. The second-order valence-electron chi connectivity index (χ2n) is 5.42. The number of urea groups is 1. The highest BCUT2D eigenvalue weighted by atomic mass is 19.1. The number of pyridine rings is 1. The molecule has 3 N–H and O–H groups in total. The first-order chi connectivity index (χ1) is 12.0. The highest BCUT2D eigenvalue weighted by Crippen LogP contribution is 2.11. The van der Waals surface area contributed by atoms with E-state index in [1.54, 1.807) is 24.4 Å². The van der Waals surface area contributed by atoms with E-state index in [4.69, 9.17) is 0 Å². The highest BCUT2D eigenvalue weighted by Gasteiger charge is 2.10. The first kappa shape index (κ1) is 18.2. The molecule has 8 heteroatoms. The fourth-order valence-corrected chi connectivity index (χ4v) is 1.99. The molecule has 0 saturated carbocycles. The minimum atomic E-state index is -0.584. The molecule has 2 rings (SSSR count). The molecule has 0 aliphatic rings. The number of carbonyl (C=O) groups is 2. The summed E-state index contributed by atoms with van der Waals surface area (Å²) in [6, 6.07) is 8.81. The number of anilines is 2. The topological polar surface area (TPSA) is 86.4 Å². The lowest BCUT2D eigenvalue weighted by Gasteiger charge is -2.12. The van der Waals surface area contributed by atoms with Gasteiger partial charge in [0.2, 0.25) is 0 Å². The molecule has 1 heterocycles. The molecule has 0 spiro atoms. The summed E-state index contributed by atoms with van der Waals surface area (Å²) < 4.78 is 13.4. The van der Waals surface area contributed by atoms with Gasteiger partial charge < -0.3 is 20.9 Å². The minimum Gasteiger partial charge on any atom is -0.363 e. The molecule has 1 aromatic heterocycles. The van der Waals surface area contributed by atoms with E-state index in [0.717, 1.165) is 5.82 Å². The maximum atomic E-state index is 13.4. The van der Waals surface area contributed by atoms with Crippen LogP contribution in [0.1, 0.15) is 10.4 Å². The third-order valence-corrected chi connectivity index (χ3v) is 3.28. The largest absolute Gasteiger partial charge is 0.363 e. The van der Waals surface area contributed by atoms with Gasteiger partial charge in [0.1, 0.15) is 11.6 Å². The molecule has 0 radical (unpaired) electrons. The normalized spacial score (nSPS) is 10.0.